The summed E-state index contributed by atoms with van der Waals surface area (Å²) in [6.45, 7) is 1.83. The number of aromatic amines is 1. The predicted octanol–water partition coefficient (Wildman–Crippen LogP) is 5.76. The molecule has 0 atom stereocenters. The fourth-order valence-electron chi connectivity index (χ4n) is 3.19. The molecule has 0 bridgehead atoms. The average molecular weight is 434 g/mol. The highest BCUT2D eigenvalue weighted by atomic mass is 79.9. The number of aromatic nitrogens is 1. The minimum Gasteiger partial charge on any atom is -0.462 e. The SMILES string of the molecule is Cc1ccc(/C=C\C(=O)c2c(-c3ccccc3)c3cc(Br)ccc3[nH]c2=O)o1. The van der Waals surface area contributed by atoms with Crippen molar-refractivity contribution in [2.24, 2.45) is 0 Å². The number of H-pyrrole nitrogens is 1. The zero-order valence-corrected chi connectivity index (χ0v) is 16.6. The van der Waals surface area contributed by atoms with Gasteiger partial charge in [0.2, 0.25) is 0 Å². The molecule has 4 rings (SSSR count). The van der Waals surface area contributed by atoms with Crippen LogP contribution in [0.25, 0.3) is 28.1 Å². The van der Waals surface area contributed by atoms with Gasteiger partial charge >= 0.3 is 0 Å². The summed E-state index contributed by atoms with van der Waals surface area (Å²) in [5, 5.41) is 0.797. The molecule has 0 fully saturated rings. The van der Waals surface area contributed by atoms with Gasteiger partial charge < -0.3 is 9.40 Å². The number of halogens is 1. The van der Waals surface area contributed by atoms with E-state index in [2.05, 4.69) is 20.9 Å². The lowest BCUT2D eigenvalue weighted by atomic mass is 9.94. The van der Waals surface area contributed by atoms with Gasteiger partial charge in [-0.1, -0.05) is 46.3 Å². The highest BCUT2D eigenvalue weighted by molar-refractivity contribution is 9.10. The second-order valence-electron chi connectivity index (χ2n) is 6.41. The molecular formula is C23H16BrNO3. The largest absolute Gasteiger partial charge is 0.462 e. The Balaban J connectivity index is 1.94. The van der Waals surface area contributed by atoms with E-state index in [4.69, 9.17) is 4.42 Å². The van der Waals surface area contributed by atoms with Crippen molar-refractivity contribution in [2.45, 2.75) is 6.92 Å². The third-order valence-corrected chi connectivity index (χ3v) is 4.94. The molecule has 138 valence electrons. The molecule has 2 aromatic carbocycles. The fraction of sp³-hybridized carbons (Fsp3) is 0.0435. The number of hydrogen-bond donors (Lipinski definition) is 1. The topological polar surface area (TPSA) is 63.1 Å². The first-order chi connectivity index (χ1) is 13.5. The lowest BCUT2D eigenvalue weighted by Gasteiger charge is -2.11. The van der Waals surface area contributed by atoms with Crippen LogP contribution in [0.4, 0.5) is 0 Å². The summed E-state index contributed by atoms with van der Waals surface area (Å²) in [7, 11) is 0. The number of benzene rings is 2. The van der Waals surface area contributed by atoms with Crippen LogP contribution < -0.4 is 5.56 Å². The van der Waals surface area contributed by atoms with Gasteiger partial charge in [-0.3, -0.25) is 9.59 Å². The van der Waals surface area contributed by atoms with E-state index >= 15 is 0 Å². The van der Waals surface area contributed by atoms with E-state index in [0.717, 1.165) is 21.2 Å². The van der Waals surface area contributed by atoms with Crippen molar-refractivity contribution in [3.05, 3.63) is 98.7 Å². The molecule has 0 aliphatic rings. The normalized spacial score (nSPS) is 11.4. The van der Waals surface area contributed by atoms with Crippen LogP contribution in [-0.2, 0) is 0 Å². The molecule has 0 aliphatic heterocycles. The molecule has 0 unspecified atom stereocenters. The number of furan rings is 1. The Bertz CT molecular complexity index is 1270. The second kappa shape index (κ2) is 7.44. The highest BCUT2D eigenvalue weighted by Gasteiger charge is 2.19. The molecule has 4 aromatic rings. The molecule has 0 radical (unpaired) electrons. The second-order valence-corrected chi connectivity index (χ2v) is 7.32. The zero-order valence-electron chi connectivity index (χ0n) is 15.0. The Morgan fingerprint density at radius 1 is 1.07 bits per heavy atom. The van der Waals surface area contributed by atoms with Crippen molar-refractivity contribution >= 4 is 38.7 Å². The van der Waals surface area contributed by atoms with Crippen molar-refractivity contribution in [3.63, 3.8) is 0 Å². The fourth-order valence-corrected chi connectivity index (χ4v) is 3.55. The quantitative estimate of drug-likeness (QED) is 0.328. The lowest BCUT2D eigenvalue weighted by Crippen LogP contribution is -2.18. The van der Waals surface area contributed by atoms with E-state index in [1.165, 1.54) is 6.08 Å². The van der Waals surface area contributed by atoms with Gasteiger partial charge in [-0.05, 0) is 55.0 Å². The van der Waals surface area contributed by atoms with Crippen LogP contribution in [0.2, 0.25) is 0 Å². The van der Waals surface area contributed by atoms with Crippen LogP contribution in [-0.4, -0.2) is 10.8 Å². The molecule has 2 heterocycles. The van der Waals surface area contributed by atoms with Crippen LogP contribution in [0.15, 0.2) is 80.4 Å². The third kappa shape index (κ3) is 3.49. The lowest BCUT2D eigenvalue weighted by molar-refractivity contribution is 0.104. The van der Waals surface area contributed by atoms with Crippen LogP contribution in [0, 0.1) is 6.92 Å². The molecule has 0 saturated heterocycles. The number of rotatable bonds is 4. The van der Waals surface area contributed by atoms with E-state index in [9.17, 15) is 9.59 Å². The number of nitrogens with one attached hydrogen (secondary N) is 1. The van der Waals surface area contributed by atoms with Gasteiger partial charge in [0.1, 0.15) is 11.5 Å². The number of carbonyl (C=O) groups excluding carboxylic acids is 1. The van der Waals surface area contributed by atoms with Crippen LogP contribution in [0.1, 0.15) is 21.9 Å². The zero-order chi connectivity index (χ0) is 19.7. The first kappa shape index (κ1) is 18.2. The molecule has 5 heteroatoms. The first-order valence-electron chi connectivity index (χ1n) is 8.73. The van der Waals surface area contributed by atoms with E-state index in [-0.39, 0.29) is 11.3 Å². The minimum atomic E-state index is -0.418. The Kier molecular flexibility index (Phi) is 4.84. The number of ketones is 1. The summed E-state index contributed by atoms with van der Waals surface area (Å²) in [5.41, 5.74) is 1.79. The molecular weight excluding hydrogens is 418 g/mol. The predicted molar refractivity (Wildman–Crippen MR) is 115 cm³/mol. The molecule has 28 heavy (non-hydrogen) atoms. The Hall–Kier alpha value is -3.18. The van der Waals surface area contributed by atoms with Crippen molar-refractivity contribution in [1.29, 1.82) is 0 Å². The Labute approximate surface area is 169 Å². The number of pyridine rings is 1. The number of fused-ring (bicyclic) bond motifs is 1. The molecule has 4 nitrogen and oxygen atoms in total. The maximum absolute atomic E-state index is 13.0. The summed E-state index contributed by atoms with van der Waals surface area (Å²) in [4.78, 5) is 28.7. The molecule has 0 aliphatic carbocycles. The average Bonchev–Trinajstić information content (AvgIpc) is 3.11. The standard InChI is InChI=1S/C23H16BrNO3/c1-14-7-9-17(28-14)10-12-20(26)22-21(15-5-3-2-4-6-15)18-13-16(24)8-11-19(18)25-23(22)27/h2-13H,1H3,(H,25,27)/b12-10-. The number of carbonyl (C=O) groups is 1. The smallest absolute Gasteiger partial charge is 0.260 e. The van der Waals surface area contributed by atoms with Crippen molar-refractivity contribution < 1.29 is 9.21 Å². The van der Waals surface area contributed by atoms with Gasteiger partial charge in [-0.15, -0.1) is 0 Å². The van der Waals surface area contributed by atoms with Gasteiger partial charge in [0, 0.05) is 20.9 Å². The number of aryl methyl sites for hydroxylation is 1. The minimum absolute atomic E-state index is 0.108. The molecule has 0 spiro atoms. The van der Waals surface area contributed by atoms with Crippen LogP contribution in [0.3, 0.4) is 0 Å². The van der Waals surface area contributed by atoms with Gasteiger partial charge in [-0.25, -0.2) is 0 Å². The maximum atomic E-state index is 13.0. The van der Waals surface area contributed by atoms with Gasteiger partial charge in [0.05, 0.1) is 5.56 Å². The third-order valence-electron chi connectivity index (χ3n) is 4.45. The highest BCUT2D eigenvalue weighted by Crippen LogP contribution is 2.31. The van der Waals surface area contributed by atoms with Crippen LogP contribution in [0.5, 0.6) is 0 Å². The first-order valence-corrected chi connectivity index (χ1v) is 9.52. The van der Waals surface area contributed by atoms with E-state index in [0.29, 0.717) is 16.8 Å². The summed E-state index contributed by atoms with van der Waals surface area (Å²) < 4.78 is 6.33. The van der Waals surface area contributed by atoms with E-state index < -0.39 is 5.56 Å². The number of allylic oxidation sites excluding steroid dienone is 1. The maximum Gasteiger partial charge on any atom is 0.260 e. The van der Waals surface area contributed by atoms with Crippen molar-refractivity contribution in [3.8, 4) is 11.1 Å². The summed E-state index contributed by atoms with van der Waals surface area (Å²) >= 11 is 3.48. The van der Waals surface area contributed by atoms with E-state index in [1.807, 2.05) is 61.5 Å². The number of hydrogen-bond acceptors (Lipinski definition) is 3. The monoisotopic (exact) mass is 433 g/mol. The summed E-state index contributed by atoms with van der Waals surface area (Å²) in [6, 6.07) is 18.6. The van der Waals surface area contributed by atoms with Crippen molar-refractivity contribution in [1.82, 2.24) is 4.98 Å². The van der Waals surface area contributed by atoms with Crippen molar-refractivity contribution in [2.75, 3.05) is 0 Å². The Morgan fingerprint density at radius 3 is 2.57 bits per heavy atom. The molecule has 1 N–H and O–H groups in total. The molecule has 2 aromatic heterocycles. The summed E-state index contributed by atoms with van der Waals surface area (Å²) in [5.74, 6) is 0.939. The van der Waals surface area contributed by atoms with Gasteiger partial charge in [-0.2, -0.15) is 0 Å². The summed E-state index contributed by atoms with van der Waals surface area (Å²) in [6.07, 6.45) is 2.95. The van der Waals surface area contributed by atoms with Crippen LogP contribution >= 0.6 is 15.9 Å². The van der Waals surface area contributed by atoms with Gasteiger partial charge in [0.15, 0.2) is 5.78 Å². The van der Waals surface area contributed by atoms with E-state index in [1.54, 1.807) is 12.1 Å². The van der Waals surface area contributed by atoms with Gasteiger partial charge in [0.25, 0.3) is 5.56 Å². The Morgan fingerprint density at radius 2 is 1.86 bits per heavy atom. The molecule has 0 saturated carbocycles. The molecule has 0 amide bonds.